The van der Waals surface area contributed by atoms with Crippen molar-refractivity contribution in [3.63, 3.8) is 0 Å². The molecule has 0 fully saturated rings. The van der Waals surface area contributed by atoms with Crippen LogP contribution in [-0.2, 0) is 4.74 Å². The molecule has 0 aromatic carbocycles. The third kappa shape index (κ3) is 4.40. The third-order valence-corrected chi connectivity index (χ3v) is 2.20. The second-order valence-corrected chi connectivity index (χ2v) is 4.08. The van der Waals surface area contributed by atoms with Crippen LogP contribution in [0.25, 0.3) is 0 Å². The van der Waals surface area contributed by atoms with Crippen LogP contribution in [0.3, 0.4) is 0 Å². The molecule has 17 heavy (non-hydrogen) atoms. The predicted octanol–water partition coefficient (Wildman–Crippen LogP) is 1.28. The van der Waals surface area contributed by atoms with Crippen LogP contribution in [0.4, 0.5) is 0 Å². The van der Waals surface area contributed by atoms with E-state index >= 15 is 0 Å². The predicted molar refractivity (Wildman–Crippen MR) is 64.0 cm³/mol. The normalized spacial score (nSPS) is 10.6. The van der Waals surface area contributed by atoms with Crippen molar-refractivity contribution < 1.29 is 14.6 Å². The van der Waals surface area contributed by atoms with Crippen LogP contribution in [0.5, 0.6) is 5.75 Å². The lowest BCUT2D eigenvalue weighted by atomic mass is 10.2. The van der Waals surface area contributed by atoms with Crippen molar-refractivity contribution in [2.45, 2.75) is 20.0 Å². The molecule has 0 aliphatic rings. The number of nitrogens with zero attached hydrogens (tertiary/aromatic N) is 2. The second-order valence-electron chi connectivity index (χ2n) is 4.08. The number of pyridine rings is 1. The molecule has 1 aromatic rings. The lowest BCUT2D eigenvalue weighted by Crippen LogP contribution is -2.30. The van der Waals surface area contributed by atoms with Gasteiger partial charge in [-0.15, -0.1) is 0 Å². The highest BCUT2D eigenvalue weighted by Gasteiger charge is 2.12. The first-order valence-corrected chi connectivity index (χ1v) is 5.51. The van der Waals surface area contributed by atoms with Gasteiger partial charge < -0.3 is 14.7 Å². The van der Waals surface area contributed by atoms with Gasteiger partial charge in [0.05, 0.1) is 24.5 Å². The molecule has 0 atom stereocenters. The van der Waals surface area contributed by atoms with E-state index in [2.05, 4.69) is 4.98 Å². The fourth-order valence-electron chi connectivity index (χ4n) is 1.29. The highest BCUT2D eigenvalue weighted by Crippen LogP contribution is 2.10. The first kappa shape index (κ1) is 13.4. The van der Waals surface area contributed by atoms with E-state index in [9.17, 15) is 9.90 Å². The maximum absolute atomic E-state index is 11.9. The van der Waals surface area contributed by atoms with Crippen molar-refractivity contribution in [3.8, 4) is 5.75 Å². The number of aromatic nitrogens is 1. The molecule has 0 spiro atoms. The summed E-state index contributed by atoms with van der Waals surface area (Å²) >= 11 is 0. The zero-order valence-electron chi connectivity index (χ0n) is 10.4. The van der Waals surface area contributed by atoms with E-state index in [0.29, 0.717) is 18.7 Å². The molecule has 0 bridgehead atoms. The molecule has 94 valence electrons. The van der Waals surface area contributed by atoms with Gasteiger partial charge in [-0.2, -0.15) is 0 Å². The summed E-state index contributed by atoms with van der Waals surface area (Å²) in [6.45, 7) is 4.89. The molecular weight excluding hydrogens is 220 g/mol. The van der Waals surface area contributed by atoms with E-state index in [4.69, 9.17) is 4.74 Å². The van der Waals surface area contributed by atoms with Gasteiger partial charge in [0.15, 0.2) is 0 Å². The minimum absolute atomic E-state index is 0.0114. The summed E-state index contributed by atoms with van der Waals surface area (Å²) in [5, 5.41) is 9.23. The Morgan fingerprint density at radius 1 is 1.53 bits per heavy atom. The van der Waals surface area contributed by atoms with E-state index in [-0.39, 0.29) is 17.8 Å². The lowest BCUT2D eigenvalue weighted by molar-refractivity contribution is 0.0531. The van der Waals surface area contributed by atoms with Gasteiger partial charge in [-0.05, 0) is 19.9 Å². The monoisotopic (exact) mass is 238 g/mol. The molecule has 1 N–H and O–H groups in total. The van der Waals surface area contributed by atoms with Gasteiger partial charge in [-0.1, -0.05) is 0 Å². The summed E-state index contributed by atoms with van der Waals surface area (Å²) in [7, 11) is 1.69. The maximum Gasteiger partial charge on any atom is 0.255 e. The van der Waals surface area contributed by atoms with Crippen molar-refractivity contribution in [2.24, 2.45) is 0 Å². The largest absolute Gasteiger partial charge is 0.506 e. The Labute approximate surface area is 101 Å². The molecule has 0 aliphatic carbocycles. The number of aromatic hydroxyl groups is 1. The van der Waals surface area contributed by atoms with Crippen LogP contribution in [0, 0.1) is 0 Å². The Bertz CT molecular complexity index is 380. The zero-order chi connectivity index (χ0) is 12.8. The maximum atomic E-state index is 11.9. The summed E-state index contributed by atoms with van der Waals surface area (Å²) in [5.74, 6) is -0.191. The molecule has 1 amide bonds. The summed E-state index contributed by atoms with van der Waals surface area (Å²) < 4.78 is 5.36. The molecule has 1 aromatic heterocycles. The number of ether oxygens (including phenoxy) is 1. The molecule has 0 aliphatic heterocycles. The van der Waals surface area contributed by atoms with E-state index in [1.165, 1.54) is 18.5 Å². The lowest BCUT2D eigenvalue weighted by Gasteiger charge is -2.18. The van der Waals surface area contributed by atoms with Gasteiger partial charge in [-0.3, -0.25) is 9.78 Å². The molecule has 5 nitrogen and oxygen atoms in total. The van der Waals surface area contributed by atoms with Crippen LogP contribution in [-0.4, -0.2) is 47.2 Å². The summed E-state index contributed by atoms with van der Waals surface area (Å²) in [5.41, 5.74) is 0.372. The Hall–Kier alpha value is -1.62. The number of likely N-dealkylation sites (N-methyl/N-ethyl adjacent to an activating group) is 1. The molecule has 1 heterocycles. The second kappa shape index (κ2) is 6.20. The van der Waals surface area contributed by atoms with E-state index in [1.54, 1.807) is 11.9 Å². The number of carbonyl (C=O) groups excluding carboxylic acids is 1. The average molecular weight is 238 g/mol. The Morgan fingerprint density at radius 3 is 2.82 bits per heavy atom. The number of rotatable bonds is 5. The highest BCUT2D eigenvalue weighted by molar-refractivity contribution is 5.94. The summed E-state index contributed by atoms with van der Waals surface area (Å²) in [6, 6.07) is 1.40. The molecule has 0 saturated carbocycles. The first-order chi connectivity index (χ1) is 8.00. The number of carbonyl (C=O) groups is 1. The SMILES string of the molecule is CC(C)OCCN(C)C(=O)c1cncc(O)c1. The van der Waals surface area contributed by atoms with Gasteiger partial charge in [0.1, 0.15) is 5.75 Å². The zero-order valence-corrected chi connectivity index (χ0v) is 10.4. The molecule has 5 heteroatoms. The van der Waals surface area contributed by atoms with Gasteiger partial charge >= 0.3 is 0 Å². The number of amides is 1. The molecule has 1 rings (SSSR count). The number of hydrogen-bond acceptors (Lipinski definition) is 4. The standard InChI is InChI=1S/C12H18N2O3/c1-9(2)17-5-4-14(3)12(16)10-6-11(15)8-13-7-10/h6-9,15H,4-5H2,1-3H3. The van der Waals surface area contributed by atoms with Gasteiger partial charge in [-0.25, -0.2) is 0 Å². The molecule has 0 radical (unpaired) electrons. The van der Waals surface area contributed by atoms with Crippen LogP contribution in [0.1, 0.15) is 24.2 Å². The first-order valence-electron chi connectivity index (χ1n) is 5.51. The van der Waals surface area contributed by atoms with Crippen molar-refractivity contribution in [1.82, 2.24) is 9.88 Å². The molecule has 0 unspecified atom stereocenters. The van der Waals surface area contributed by atoms with Crippen LogP contribution < -0.4 is 0 Å². The van der Waals surface area contributed by atoms with E-state index in [0.717, 1.165) is 0 Å². The topological polar surface area (TPSA) is 62.7 Å². The Kier molecular flexibility index (Phi) is 4.90. The van der Waals surface area contributed by atoms with Crippen LogP contribution in [0.15, 0.2) is 18.5 Å². The van der Waals surface area contributed by atoms with Crippen molar-refractivity contribution in [2.75, 3.05) is 20.2 Å². The quantitative estimate of drug-likeness (QED) is 0.839. The van der Waals surface area contributed by atoms with Crippen LogP contribution >= 0.6 is 0 Å². The minimum atomic E-state index is -0.180. The van der Waals surface area contributed by atoms with Crippen LogP contribution in [0.2, 0.25) is 0 Å². The summed E-state index contributed by atoms with van der Waals surface area (Å²) in [4.78, 5) is 17.2. The number of hydrogen-bond donors (Lipinski definition) is 1. The fourth-order valence-corrected chi connectivity index (χ4v) is 1.29. The van der Waals surface area contributed by atoms with Crippen molar-refractivity contribution in [1.29, 1.82) is 0 Å². The summed E-state index contributed by atoms with van der Waals surface area (Å²) in [6.07, 6.45) is 2.88. The van der Waals surface area contributed by atoms with Crippen molar-refractivity contribution in [3.05, 3.63) is 24.0 Å². The van der Waals surface area contributed by atoms with Gasteiger partial charge in [0.2, 0.25) is 0 Å². The fraction of sp³-hybridized carbons (Fsp3) is 0.500. The highest BCUT2D eigenvalue weighted by atomic mass is 16.5. The minimum Gasteiger partial charge on any atom is -0.506 e. The van der Waals surface area contributed by atoms with Crippen molar-refractivity contribution >= 4 is 5.91 Å². The Morgan fingerprint density at radius 2 is 2.24 bits per heavy atom. The average Bonchev–Trinajstić information content (AvgIpc) is 2.27. The van der Waals surface area contributed by atoms with Gasteiger partial charge in [0.25, 0.3) is 5.91 Å². The Balaban J connectivity index is 2.52. The third-order valence-electron chi connectivity index (χ3n) is 2.20. The van der Waals surface area contributed by atoms with E-state index in [1.807, 2.05) is 13.8 Å². The van der Waals surface area contributed by atoms with E-state index < -0.39 is 0 Å². The molecule has 0 saturated heterocycles. The molecular formula is C12H18N2O3. The smallest absolute Gasteiger partial charge is 0.255 e. The van der Waals surface area contributed by atoms with Gasteiger partial charge in [0, 0.05) is 19.8 Å².